The summed E-state index contributed by atoms with van der Waals surface area (Å²) in [7, 11) is 1.39. The van der Waals surface area contributed by atoms with Gasteiger partial charge in [0.25, 0.3) is 0 Å². The van der Waals surface area contributed by atoms with Crippen LogP contribution in [0.3, 0.4) is 0 Å². The average molecular weight is 263 g/mol. The first-order valence-corrected chi connectivity index (χ1v) is 5.33. The van der Waals surface area contributed by atoms with E-state index in [9.17, 15) is 14.0 Å². The largest absolute Gasteiger partial charge is 0.496 e. The minimum Gasteiger partial charge on any atom is -0.496 e. The molecule has 0 aliphatic carbocycles. The van der Waals surface area contributed by atoms with Gasteiger partial charge in [-0.1, -0.05) is 0 Å². The number of carbonyl (C=O) groups is 1. The smallest absolute Gasteiger partial charge is 0.336 e. The second-order valence-electron chi connectivity index (χ2n) is 3.77. The molecule has 0 spiro atoms. The summed E-state index contributed by atoms with van der Waals surface area (Å²) in [6.07, 6.45) is 1.23. The summed E-state index contributed by atoms with van der Waals surface area (Å²) >= 11 is 0. The normalized spacial score (nSPS) is 10.2. The van der Waals surface area contributed by atoms with Crippen molar-refractivity contribution >= 4 is 5.97 Å². The summed E-state index contributed by atoms with van der Waals surface area (Å²) < 4.78 is 18.4. The molecule has 2 aromatic rings. The van der Waals surface area contributed by atoms with Gasteiger partial charge in [0.05, 0.1) is 12.7 Å². The number of nitrogens with one attached hydrogen (secondary N) is 1. The highest BCUT2D eigenvalue weighted by Gasteiger charge is 2.16. The van der Waals surface area contributed by atoms with Gasteiger partial charge in [-0.3, -0.25) is 4.79 Å². The molecule has 0 amide bonds. The fourth-order valence-corrected chi connectivity index (χ4v) is 1.76. The highest BCUT2D eigenvalue weighted by atomic mass is 19.1. The number of ether oxygens (including phenoxy) is 1. The second kappa shape index (κ2) is 4.93. The molecule has 0 aliphatic rings. The van der Waals surface area contributed by atoms with Crippen molar-refractivity contribution in [1.29, 1.82) is 0 Å². The molecule has 0 saturated heterocycles. The van der Waals surface area contributed by atoms with Gasteiger partial charge >= 0.3 is 5.97 Å². The van der Waals surface area contributed by atoms with E-state index in [2.05, 4.69) is 4.98 Å². The highest BCUT2D eigenvalue weighted by Crippen LogP contribution is 2.32. The predicted molar refractivity (Wildman–Crippen MR) is 66.0 cm³/mol. The molecule has 0 unspecified atom stereocenters. The number of rotatable bonds is 3. The summed E-state index contributed by atoms with van der Waals surface area (Å²) in [5.41, 5.74) is -0.316. The van der Waals surface area contributed by atoms with E-state index in [1.54, 1.807) is 0 Å². The summed E-state index contributed by atoms with van der Waals surface area (Å²) in [5, 5.41) is 9.10. The number of methoxy groups -OCH3 is 1. The van der Waals surface area contributed by atoms with E-state index < -0.39 is 17.3 Å². The van der Waals surface area contributed by atoms with E-state index in [1.165, 1.54) is 25.4 Å². The first kappa shape index (κ1) is 12.8. The number of aromatic amines is 1. The molecule has 0 atom stereocenters. The maximum Gasteiger partial charge on any atom is 0.336 e. The zero-order chi connectivity index (χ0) is 14.0. The quantitative estimate of drug-likeness (QED) is 0.886. The molecule has 6 heteroatoms. The van der Waals surface area contributed by atoms with Crippen molar-refractivity contribution in [1.82, 2.24) is 4.98 Å². The molecular weight excluding hydrogens is 253 g/mol. The Hall–Kier alpha value is -2.63. The summed E-state index contributed by atoms with van der Waals surface area (Å²) in [4.78, 5) is 24.7. The molecule has 1 heterocycles. The van der Waals surface area contributed by atoms with Crippen LogP contribution in [-0.4, -0.2) is 23.2 Å². The Morgan fingerprint density at radius 2 is 2.05 bits per heavy atom. The zero-order valence-electron chi connectivity index (χ0n) is 9.94. The van der Waals surface area contributed by atoms with Gasteiger partial charge in [0.2, 0.25) is 5.56 Å². The van der Waals surface area contributed by atoms with Crippen LogP contribution in [0.1, 0.15) is 10.4 Å². The van der Waals surface area contributed by atoms with Gasteiger partial charge in [-0.15, -0.1) is 0 Å². The number of H-pyrrole nitrogens is 1. The average Bonchev–Trinajstić information content (AvgIpc) is 2.38. The molecule has 19 heavy (non-hydrogen) atoms. The van der Waals surface area contributed by atoms with Crippen LogP contribution in [0.2, 0.25) is 0 Å². The lowest BCUT2D eigenvalue weighted by atomic mass is 10.0. The van der Waals surface area contributed by atoms with Crippen LogP contribution in [0.5, 0.6) is 5.75 Å². The first-order valence-electron chi connectivity index (χ1n) is 5.33. The third kappa shape index (κ3) is 2.47. The summed E-state index contributed by atoms with van der Waals surface area (Å²) in [6.45, 7) is 0. The lowest BCUT2D eigenvalue weighted by Crippen LogP contribution is -2.10. The molecule has 2 rings (SSSR count). The molecule has 0 fully saturated rings. The minimum atomic E-state index is -1.27. The lowest BCUT2D eigenvalue weighted by Gasteiger charge is -2.10. The van der Waals surface area contributed by atoms with E-state index in [1.807, 2.05) is 0 Å². The standard InChI is InChI=1S/C13H10FNO4/c1-19-11-3-2-7(14)4-8(11)10-6-15-12(16)5-9(10)13(17)18/h2-6H,1H3,(H,15,16)(H,17,18). The predicted octanol–water partition coefficient (Wildman–Crippen LogP) is 1.89. The molecule has 0 saturated carbocycles. The van der Waals surface area contributed by atoms with Crippen molar-refractivity contribution in [2.24, 2.45) is 0 Å². The molecule has 0 bridgehead atoms. The van der Waals surface area contributed by atoms with Crippen molar-refractivity contribution in [3.05, 3.63) is 52.2 Å². The molecule has 1 aromatic heterocycles. The first-order chi connectivity index (χ1) is 9.02. The highest BCUT2D eigenvalue weighted by molar-refractivity contribution is 5.96. The molecule has 0 aliphatic heterocycles. The number of hydrogen-bond donors (Lipinski definition) is 2. The number of halogens is 1. The van der Waals surface area contributed by atoms with Crippen LogP contribution in [0.15, 0.2) is 35.3 Å². The van der Waals surface area contributed by atoms with Crippen LogP contribution >= 0.6 is 0 Å². The maximum absolute atomic E-state index is 13.3. The number of carboxylic acids is 1. The van der Waals surface area contributed by atoms with Crippen molar-refractivity contribution < 1.29 is 19.0 Å². The van der Waals surface area contributed by atoms with E-state index in [0.29, 0.717) is 5.75 Å². The summed E-state index contributed by atoms with van der Waals surface area (Å²) in [6, 6.07) is 4.69. The Morgan fingerprint density at radius 1 is 1.32 bits per heavy atom. The van der Waals surface area contributed by atoms with Crippen LogP contribution in [0.4, 0.5) is 4.39 Å². The van der Waals surface area contributed by atoms with Gasteiger partial charge in [-0.25, -0.2) is 9.18 Å². The number of benzene rings is 1. The SMILES string of the molecule is COc1ccc(F)cc1-c1c[nH]c(=O)cc1C(=O)O. The van der Waals surface area contributed by atoms with Crippen molar-refractivity contribution in [2.45, 2.75) is 0 Å². The Morgan fingerprint density at radius 3 is 2.68 bits per heavy atom. The number of aromatic nitrogens is 1. The molecule has 98 valence electrons. The van der Waals surface area contributed by atoms with Gasteiger partial charge in [0.1, 0.15) is 11.6 Å². The van der Waals surface area contributed by atoms with E-state index in [0.717, 1.165) is 12.1 Å². The van der Waals surface area contributed by atoms with E-state index >= 15 is 0 Å². The number of aromatic carboxylic acids is 1. The van der Waals surface area contributed by atoms with Crippen molar-refractivity contribution in [3.63, 3.8) is 0 Å². The van der Waals surface area contributed by atoms with Gasteiger partial charge in [-0.05, 0) is 18.2 Å². The Labute approximate surface area is 107 Å². The van der Waals surface area contributed by atoms with Crippen LogP contribution < -0.4 is 10.3 Å². The van der Waals surface area contributed by atoms with E-state index in [4.69, 9.17) is 9.84 Å². The third-order valence-corrected chi connectivity index (χ3v) is 2.61. The number of carboxylic acid groups (broad SMARTS) is 1. The van der Waals surface area contributed by atoms with Crippen LogP contribution in [0, 0.1) is 5.82 Å². The molecule has 0 radical (unpaired) electrons. The third-order valence-electron chi connectivity index (χ3n) is 2.61. The Balaban J connectivity index is 2.74. The molecule has 1 aromatic carbocycles. The Bertz CT molecular complexity index is 693. The topological polar surface area (TPSA) is 79.4 Å². The molecule has 2 N–H and O–H groups in total. The van der Waals surface area contributed by atoms with Crippen molar-refractivity contribution in [2.75, 3.05) is 7.11 Å². The monoisotopic (exact) mass is 263 g/mol. The number of hydrogen-bond acceptors (Lipinski definition) is 3. The second-order valence-corrected chi connectivity index (χ2v) is 3.77. The lowest BCUT2D eigenvalue weighted by molar-refractivity contribution is 0.0697. The zero-order valence-corrected chi connectivity index (χ0v) is 9.94. The van der Waals surface area contributed by atoms with Crippen molar-refractivity contribution in [3.8, 4) is 16.9 Å². The maximum atomic E-state index is 13.3. The van der Waals surface area contributed by atoms with E-state index in [-0.39, 0.29) is 16.7 Å². The van der Waals surface area contributed by atoms with Crippen LogP contribution in [-0.2, 0) is 0 Å². The molecule has 5 nitrogen and oxygen atoms in total. The number of pyridine rings is 1. The fraction of sp³-hybridized carbons (Fsp3) is 0.0769. The van der Waals surface area contributed by atoms with Gasteiger partial charge in [0.15, 0.2) is 0 Å². The minimum absolute atomic E-state index is 0.184. The summed E-state index contributed by atoms with van der Waals surface area (Å²) in [5.74, 6) is -1.48. The van der Waals surface area contributed by atoms with Crippen LogP contribution in [0.25, 0.3) is 11.1 Å². The molecular formula is C13H10FNO4. The van der Waals surface area contributed by atoms with Gasteiger partial charge in [0, 0.05) is 23.4 Å². The Kier molecular flexibility index (Phi) is 3.33. The van der Waals surface area contributed by atoms with Gasteiger partial charge < -0.3 is 14.8 Å². The fourth-order valence-electron chi connectivity index (χ4n) is 1.76. The van der Waals surface area contributed by atoms with Gasteiger partial charge in [-0.2, -0.15) is 0 Å².